The molecular weight excluding hydrogens is 830 g/mol. The van der Waals surface area contributed by atoms with E-state index in [0.29, 0.717) is 37.3 Å². The van der Waals surface area contributed by atoms with Crippen LogP contribution in [-0.2, 0) is 19.2 Å². The van der Waals surface area contributed by atoms with Crippen molar-refractivity contribution in [1.29, 1.82) is 0 Å². The SMILES string of the molecule is COc1cc([C@H]2C3=CC[C@@H]4C(=O)N(c5ccc(N=Nc6ccc(N(C)C)cc6)cc5)C(=O)[C@@H]4[C@@H]3C[C@H]3C(=O)N(c4ccccc4)C(=O)[C@@]23C)c(Br)c(Br)c1O. The van der Waals surface area contributed by atoms with Gasteiger partial charge in [0, 0.05) is 30.2 Å². The summed E-state index contributed by atoms with van der Waals surface area (Å²) in [7, 11) is 5.37. The summed E-state index contributed by atoms with van der Waals surface area (Å²) in [6.07, 6.45) is 2.49. The predicted molar refractivity (Wildman–Crippen MR) is 215 cm³/mol. The summed E-state index contributed by atoms with van der Waals surface area (Å²) in [6, 6.07) is 25.0. The molecule has 11 nitrogen and oxygen atoms in total. The smallest absolute Gasteiger partial charge is 0.241 e. The van der Waals surface area contributed by atoms with Crippen LogP contribution in [0.2, 0.25) is 0 Å². The number of phenols is 1. The van der Waals surface area contributed by atoms with Gasteiger partial charge in [-0.15, -0.1) is 0 Å². The fourth-order valence-electron chi connectivity index (χ4n) is 9.02. The molecule has 2 heterocycles. The topological polar surface area (TPSA) is 132 Å². The maximum Gasteiger partial charge on any atom is 0.241 e. The first-order valence-corrected chi connectivity index (χ1v) is 19.5. The van der Waals surface area contributed by atoms with Crippen LogP contribution in [0.15, 0.2) is 116 Å². The molecule has 4 amide bonds. The minimum atomic E-state index is -1.27. The Kier molecular flexibility index (Phi) is 9.28. The molecule has 0 radical (unpaired) electrons. The number of nitrogens with zero attached hydrogens (tertiary/aromatic N) is 5. The van der Waals surface area contributed by atoms with Gasteiger partial charge in [-0.1, -0.05) is 29.8 Å². The Balaban J connectivity index is 1.16. The average Bonchev–Trinajstić information content (AvgIpc) is 3.56. The number of ether oxygens (including phenoxy) is 1. The first kappa shape index (κ1) is 36.8. The van der Waals surface area contributed by atoms with Crippen molar-refractivity contribution in [1.82, 2.24) is 0 Å². The zero-order chi connectivity index (χ0) is 38.9. The lowest BCUT2D eigenvalue weighted by molar-refractivity contribution is -0.131. The van der Waals surface area contributed by atoms with Gasteiger partial charge in [-0.05, 0) is 130 Å². The lowest BCUT2D eigenvalue weighted by atomic mass is 9.51. The molecule has 0 spiro atoms. The van der Waals surface area contributed by atoms with Crippen molar-refractivity contribution in [2.24, 2.45) is 39.3 Å². The van der Waals surface area contributed by atoms with Gasteiger partial charge >= 0.3 is 0 Å². The van der Waals surface area contributed by atoms with E-state index in [2.05, 4.69) is 42.1 Å². The Morgan fingerprint density at radius 3 is 2.04 bits per heavy atom. The first-order chi connectivity index (χ1) is 26.4. The lowest BCUT2D eigenvalue weighted by Crippen LogP contribution is -2.49. The number of benzene rings is 4. The maximum absolute atomic E-state index is 14.7. The molecule has 0 bridgehead atoms. The van der Waals surface area contributed by atoms with Gasteiger partial charge < -0.3 is 14.7 Å². The second-order valence-electron chi connectivity index (χ2n) is 14.8. The van der Waals surface area contributed by atoms with Crippen LogP contribution in [0.1, 0.15) is 31.2 Å². The van der Waals surface area contributed by atoms with E-state index in [-0.39, 0.29) is 48.0 Å². The quantitative estimate of drug-likeness (QED) is 0.112. The molecule has 55 heavy (non-hydrogen) atoms. The molecule has 4 aromatic carbocycles. The Hall–Kier alpha value is -5.14. The minimum Gasteiger partial charge on any atom is -0.503 e. The van der Waals surface area contributed by atoms with Gasteiger partial charge in [0.15, 0.2) is 11.5 Å². The number of carbonyl (C=O) groups is 4. The lowest BCUT2D eigenvalue weighted by Gasteiger charge is -2.49. The summed E-state index contributed by atoms with van der Waals surface area (Å²) in [4.78, 5) is 62.5. The molecule has 8 rings (SSSR count). The molecule has 280 valence electrons. The Bertz CT molecular complexity index is 2310. The van der Waals surface area contributed by atoms with Crippen LogP contribution in [0.5, 0.6) is 11.5 Å². The van der Waals surface area contributed by atoms with Crippen LogP contribution in [0.25, 0.3) is 0 Å². The highest BCUT2D eigenvalue weighted by atomic mass is 79.9. The van der Waals surface area contributed by atoms with Crippen molar-refractivity contribution >= 4 is 83.9 Å². The van der Waals surface area contributed by atoms with E-state index in [1.165, 1.54) is 16.9 Å². The van der Waals surface area contributed by atoms with E-state index in [1.807, 2.05) is 62.3 Å². The number of hydrogen-bond donors (Lipinski definition) is 1. The van der Waals surface area contributed by atoms with E-state index < -0.39 is 35.0 Å². The molecule has 4 aromatic rings. The van der Waals surface area contributed by atoms with E-state index in [9.17, 15) is 24.3 Å². The van der Waals surface area contributed by atoms with Crippen molar-refractivity contribution in [2.75, 3.05) is 35.9 Å². The number of allylic oxidation sites excluding steroid dienone is 2. The fraction of sp³-hybridized carbons (Fsp3) is 0.286. The van der Waals surface area contributed by atoms with E-state index in [4.69, 9.17) is 4.74 Å². The molecule has 1 saturated carbocycles. The minimum absolute atomic E-state index is 0.122. The van der Waals surface area contributed by atoms with Crippen molar-refractivity contribution < 1.29 is 29.0 Å². The first-order valence-electron chi connectivity index (χ1n) is 17.9. The number of carbonyl (C=O) groups excluding carboxylic acids is 4. The van der Waals surface area contributed by atoms with E-state index >= 15 is 0 Å². The summed E-state index contributed by atoms with van der Waals surface area (Å²) < 4.78 is 6.38. The summed E-state index contributed by atoms with van der Waals surface area (Å²) in [5, 5.41) is 19.6. The van der Waals surface area contributed by atoms with Crippen LogP contribution >= 0.6 is 31.9 Å². The number of phenolic OH excluding ortho intramolecular Hbond substituents is 1. The molecule has 0 aromatic heterocycles. The van der Waals surface area contributed by atoms with Crippen molar-refractivity contribution in [3.05, 3.63) is 111 Å². The number of rotatable bonds is 7. The Labute approximate surface area is 334 Å². The van der Waals surface area contributed by atoms with Gasteiger partial charge in [0.05, 0.1) is 57.5 Å². The number of halogens is 2. The number of azo groups is 1. The molecular formula is C42H37Br2N5O6. The molecule has 0 unspecified atom stereocenters. The third kappa shape index (κ3) is 5.73. The van der Waals surface area contributed by atoms with Crippen molar-refractivity contribution in [3.63, 3.8) is 0 Å². The van der Waals surface area contributed by atoms with Gasteiger partial charge in [-0.2, -0.15) is 10.2 Å². The number of aromatic hydroxyl groups is 1. The molecule has 2 saturated heterocycles. The average molecular weight is 868 g/mol. The van der Waals surface area contributed by atoms with Gasteiger partial charge in [0.2, 0.25) is 23.6 Å². The number of amides is 4. The highest BCUT2D eigenvalue weighted by Gasteiger charge is 2.68. The third-order valence-electron chi connectivity index (χ3n) is 11.7. The Morgan fingerprint density at radius 1 is 0.800 bits per heavy atom. The number of methoxy groups -OCH3 is 1. The summed E-state index contributed by atoms with van der Waals surface area (Å²) in [5.74, 6) is -4.72. The van der Waals surface area contributed by atoms with E-state index in [1.54, 1.807) is 54.6 Å². The summed E-state index contributed by atoms with van der Waals surface area (Å²) in [5.41, 5.74) is 3.35. The highest BCUT2D eigenvalue weighted by Crippen LogP contribution is 2.65. The molecule has 3 fully saturated rings. The van der Waals surface area contributed by atoms with Crippen molar-refractivity contribution in [3.8, 4) is 11.5 Å². The molecule has 2 aliphatic carbocycles. The number of imide groups is 2. The monoisotopic (exact) mass is 865 g/mol. The molecule has 6 atom stereocenters. The molecule has 4 aliphatic rings. The molecule has 2 aliphatic heterocycles. The van der Waals surface area contributed by atoms with Crippen LogP contribution < -0.4 is 19.4 Å². The number of fused-ring (bicyclic) bond motifs is 4. The zero-order valence-electron chi connectivity index (χ0n) is 30.4. The number of para-hydroxylation sites is 1. The molecule has 1 N–H and O–H groups in total. The number of hydrogen-bond acceptors (Lipinski definition) is 9. The second-order valence-corrected chi connectivity index (χ2v) is 16.4. The van der Waals surface area contributed by atoms with Crippen molar-refractivity contribution in [2.45, 2.75) is 25.7 Å². The van der Waals surface area contributed by atoms with Gasteiger partial charge in [-0.25, -0.2) is 4.90 Å². The third-order valence-corrected chi connectivity index (χ3v) is 13.9. The van der Waals surface area contributed by atoms with Crippen LogP contribution in [0.4, 0.5) is 28.4 Å². The highest BCUT2D eigenvalue weighted by molar-refractivity contribution is 9.13. The fourth-order valence-corrected chi connectivity index (χ4v) is 9.97. The van der Waals surface area contributed by atoms with Gasteiger partial charge in [-0.3, -0.25) is 24.1 Å². The Morgan fingerprint density at radius 2 is 1.42 bits per heavy atom. The maximum atomic E-state index is 14.7. The van der Waals surface area contributed by atoms with Gasteiger partial charge in [0.1, 0.15) is 0 Å². The standard InChI is InChI=1S/C42H37Br2N5O6/c1-42-31(39(52)49(41(42)54)25-8-6-5-7-9-25)20-29-27(34(42)30-21-32(55-4)37(50)36(44)35(30)43)18-19-28-33(29)40(53)48(38(28)51)26-16-12-23(13-17-26)46-45-22-10-14-24(15-11-22)47(2)3/h5-18,21,28-29,31,33-34,50H,19-20H2,1-4H3/t28-,29+,31-,33-,34+,42+/m0/s1. The van der Waals surface area contributed by atoms with E-state index in [0.717, 1.165) is 11.3 Å². The predicted octanol–water partition coefficient (Wildman–Crippen LogP) is 8.84. The largest absolute Gasteiger partial charge is 0.503 e. The van der Waals surface area contributed by atoms with Crippen LogP contribution in [0, 0.1) is 29.1 Å². The zero-order valence-corrected chi connectivity index (χ0v) is 33.6. The second kappa shape index (κ2) is 13.9. The summed E-state index contributed by atoms with van der Waals surface area (Å²) in [6.45, 7) is 1.82. The molecule has 13 heteroatoms. The normalized spacial score (nSPS) is 25.9. The van der Waals surface area contributed by atoms with Crippen LogP contribution in [0.3, 0.4) is 0 Å². The summed E-state index contributed by atoms with van der Waals surface area (Å²) >= 11 is 7.17. The van der Waals surface area contributed by atoms with Crippen LogP contribution in [-0.4, -0.2) is 49.9 Å². The van der Waals surface area contributed by atoms with Gasteiger partial charge in [0.25, 0.3) is 0 Å². The number of anilines is 3.